The molecule has 3 aliphatic carbocycles. The van der Waals surface area contributed by atoms with Crippen LogP contribution in [0.3, 0.4) is 0 Å². The van der Waals surface area contributed by atoms with Gasteiger partial charge in [0.2, 0.25) is 0 Å². The Morgan fingerprint density at radius 2 is 0.950 bits per heavy atom. The predicted molar refractivity (Wildman–Crippen MR) is 88.9 cm³/mol. The first-order chi connectivity index (χ1) is 9.97. The van der Waals surface area contributed by atoms with E-state index in [0.29, 0.717) is 0 Å². The zero-order valence-electron chi connectivity index (χ0n) is 12.2. The standard InChI is InChI=1S/C10H12.2C5H6/c1-2-6-10-8-4-3-7-9(10)5-1;2*1-2-4-5-3-1/h1-2,5-6H,3-4,7-8H2;2*1-4H,5H2. The van der Waals surface area contributed by atoms with Crippen molar-refractivity contribution in [1.29, 1.82) is 0 Å². The minimum absolute atomic E-state index is 1.14. The summed E-state index contributed by atoms with van der Waals surface area (Å²) in [6.45, 7) is 0. The lowest BCUT2D eigenvalue weighted by Gasteiger charge is -2.13. The molecule has 0 saturated carbocycles. The van der Waals surface area contributed by atoms with Crippen molar-refractivity contribution in [3.63, 3.8) is 0 Å². The molecule has 104 valence electrons. The molecule has 0 spiro atoms. The van der Waals surface area contributed by atoms with Gasteiger partial charge < -0.3 is 0 Å². The molecule has 0 fully saturated rings. The van der Waals surface area contributed by atoms with E-state index in [4.69, 9.17) is 0 Å². The van der Waals surface area contributed by atoms with Gasteiger partial charge in [-0.05, 0) is 49.7 Å². The van der Waals surface area contributed by atoms with Crippen LogP contribution in [-0.4, -0.2) is 0 Å². The number of hydrogen-bond acceptors (Lipinski definition) is 0. The summed E-state index contributed by atoms with van der Waals surface area (Å²) >= 11 is 0. The van der Waals surface area contributed by atoms with Crippen molar-refractivity contribution in [2.75, 3.05) is 0 Å². The molecule has 0 heterocycles. The van der Waals surface area contributed by atoms with Crippen molar-refractivity contribution in [2.24, 2.45) is 0 Å². The van der Waals surface area contributed by atoms with Gasteiger partial charge in [-0.2, -0.15) is 0 Å². The van der Waals surface area contributed by atoms with Gasteiger partial charge in [-0.25, -0.2) is 0 Å². The second kappa shape index (κ2) is 9.14. The summed E-state index contributed by atoms with van der Waals surface area (Å²) in [6, 6.07) is 8.80. The van der Waals surface area contributed by atoms with Crippen LogP contribution in [0.15, 0.2) is 72.9 Å². The van der Waals surface area contributed by atoms with E-state index in [-0.39, 0.29) is 0 Å². The molecule has 0 aliphatic heterocycles. The SMILES string of the molecule is C1=CCC=C1.C1=CCC=C1.c1ccc2c(c1)CCCC2. The molecule has 0 unspecified atom stereocenters. The average Bonchev–Trinajstić information content (AvgIpc) is 3.25. The first-order valence-corrected chi connectivity index (χ1v) is 7.67. The highest BCUT2D eigenvalue weighted by Gasteiger charge is 2.05. The van der Waals surface area contributed by atoms with Crippen LogP contribution in [0.25, 0.3) is 0 Å². The average molecular weight is 264 g/mol. The Labute approximate surface area is 123 Å². The van der Waals surface area contributed by atoms with Crippen LogP contribution in [0.1, 0.15) is 36.8 Å². The highest BCUT2D eigenvalue weighted by atomic mass is 14.1. The quantitative estimate of drug-likeness (QED) is 0.574. The number of fused-ring (bicyclic) bond motifs is 1. The van der Waals surface area contributed by atoms with Crippen molar-refractivity contribution in [3.8, 4) is 0 Å². The van der Waals surface area contributed by atoms with Gasteiger partial charge in [0.25, 0.3) is 0 Å². The van der Waals surface area contributed by atoms with Gasteiger partial charge in [-0.15, -0.1) is 0 Å². The molecule has 0 nitrogen and oxygen atoms in total. The fourth-order valence-corrected chi connectivity index (χ4v) is 2.46. The molecule has 0 aromatic heterocycles. The number of allylic oxidation sites excluding steroid dienone is 8. The number of aryl methyl sites for hydroxylation is 2. The van der Waals surface area contributed by atoms with Gasteiger partial charge in [0.1, 0.15) is 0 Å². The summed E-state index contributed by atoms with van der Waals surface area (Å²) in [5, 5.41) is 0. The highest BCUT2D eigenvalue weighted by Crippen LogP contribution is 2.19. The third-order valence-corrected chi connectivity index (χ3v) is 3.57. The number of rotatable bonds is 0. The Hall–Kier alpha value is -1.82. The summed E-state index contributed by atoms with van der Waals surface area (Å²) in [6.07, 6.45) is 24.4. The van der Waals surface area contributed by atoms with Crippen molar-refractivity contribution in [2.45, 2.75) is 38.5 Å². The van der Waals surface area contributed by atoms with E-state index in [0.717, 1.165) is 12.8 Å². The van der Waals surface area contributed by atoms with Crippen LogP contribution in [0.5, 0.6) is 0 Å². The lowest BCUT2D eigenvalue weighted by Crippen LogP contribution is -2.00. The molecule has 1 aromatic rings. The third-order valence-electron chi connectivity index (χ3n) is 3.57. The first-order valence-electron chi connectivity index (χ1n) is 7.67. The van der Waals surface area contributed by atoms with Gasteiger partial charge in [0.05, 0.1) is 0 Å². The number of hydrogen-bond donors (Lipinski definition) is 0. The van der Waals surface area contributed by atoms with Gasteiger partial charge in [0.15, 0.2) is 0 Å². The minimum Gasteiger partial charge on any atom is -0.0808 e. The van der Waals surface area contributed by atoms with E-state index < -0.39 is 0 Å². The zero-order valence-corrected chi connectivity index (χ0v) is 12.2. The molecule has 0 heteroatoms. The van der Waals surface area contributed by atoms with E-state index in [2.05, 4.69) is 72.9 Å². The Bertz CT molecular complexity index is 434. The highest BCUT2D eigenvalue weighted by molar-refractivity contribution is 5.28. The van der Waals surface area contributed by atoms with E-state index in [9.17, 15) is 0 Å². The van der Waals surface area contributed by atoms with E-state index in [1.807, 2.05) is 0 Å². The largest absolute Gasteiger partial charge is 0.0808 e. The zero-order chi connectivity index (χ0) is 13.9. The van der Waals surface area contributed by atoms with Gasteiger partial charge in [-0.3, -0.25) is 0 Å². The molecule has 0 amide bonds. The maximum atomic E-state index is 2.26. The molecule has 0 bridgehead atoms. The van der Waals surface area contributed by atoms with Crippen molar-refractivity contribution >= 4 is 0 Å². The lowest BCUT2D eigenvalue weighted by molar-refractivity contribution is 0.685. The lowest BCUT2D eigenvalue weighted by atomic mass is 9.92. The second-order valence-electron chi connectivity index (χ2n) is 5.16. The van der Waals surface area contributed by atoms with Crippen LogP contribution in [0.2, 0.25) is 0 Å². The van der Waals surface area contributed by atoms with Crippen molar-refractivity contribution in [1.82, 2.24) is 0 Å². The number of benzene rings is 1. The summed E-state index contributed by atoms with van der Waals surface area (Å²) in [5.74, 6) is 0. The van der Waals surface area contributed by atoms with E-state index >= 15 is 0 Å². The Kier molecular flexibility index (Phi) is 6.67. The smallest absolute Gasteiger partial charge is 0.0163 e. The van der Waals surface area contributed by atoms with Gasteiger partial charge in [0, 0.05) is 0 Å². The molecular formula is C20H24. The van der Waals surface area contributed by atoms with Crippen LogP contribution in [0, 0.1) is 0 Å². The minimum atomic E-state index is 1.14. The Morgan fingerprint density at radius 3 is 1.25 bits per heavy atom. The first kappa shape index (κ1) is 14.6. The molecule has 0 N–H and O–H groups in total. The Morgan fingerprint density at radius 1 is 0.550 bits per heavy atom. The summed E-state index contributed by atoms with van der Waals surface area (Å²) in [7, 11) is 0. The molecule has 0 atom stereocenters. The maximum absolute atomic E-state index is 2.26. The topological polar surface area (TPSA) is 0 Å². The molecular weight excluding hydrogens is 240 g/mol. The predicted octanol–water partition coefficient (Wildman–Crippen LogP) is 5.57. The van der Waals surface area contributed by atoms with Crippen LogP contribution >= 0.6 is 0 Å². The van der Waals surface area contributed by atoms with E-state index in [1.165, 1.54) is 25.7 Å². The fraction of sp³-hybridized carbons (Fsp3) is 0.300. The van der Waals surface area contributed by atoms with Gasteiger partial charge in [-0.1, -0.05) is 72.9 Å². The van der Waals surface area contributed by atoms with Crippen LogP contribution in [-0.2, 0) is 12.8 Å². The van der Waals surface area contributed by atoms with Crippen molar-refractivity contribution < 1.29 is 0 Å². The molecule has 0 saturated heterocycles. The molecule has 20 heavy (non-hydrogen) atoms. The normalized spacial score (nSPS) is 17.0. The third kappa shape index (κ3) is 5.44. The summed E-state index contributed by atoms with van der Waals surface area (Å²) in [4.78, 5) is 0. The second-order valence-corrected chi connectivity index (χ2v) is 5.16. The van der Waals surface area contributed by atoms with Gasteiger partial charge >= 0.3 is 0 Å². The Balaban J connectivity index is 0.000000124. The van der Waals surface area contributed by atoms with Crippen LogP contribution < -0.4 is 0 Å². The van der Waals surface area contributed by atoms with E-state index in [1.54, 1.807) is 11.1 Å². The molecule has 0 radical (unpaired) electrons. The molecule has 4 rings (SSSR count). The fourth-order valence-electron chi connectivity index (χ4n) is 2.46. The maximum Gasteiger partial charge on any atom is -0.0163 e. The monoisotopic (exact) mass is 264 g/mol. The summed E-state index contributed by atoms with van der Waals surface area (Å²) in [5.41, 5.74) is 3.16. The summed E-state index contributed by atoms with van der Waals surface area (Å²) < 4.78 is 0. The van der Waals surface area contributed by atoms with Crippen molar-refractivity contribution in [3.05, 3.63) is 84.0 Å². The molecule has 3 aliphatic rings. The van der Waals surface area contributed by atoms with Crippen LogP contribution in [0.4, 0.5) is 0 Å². The molecule has 1 aromatic carbocycles.